The van der Waals surface area contributed by atoms with Crippen LogP contribution in [-0.2, 0) is 9.59 Å². The Kier molecular flexibility index (Phi) is 4.33. The van der Waals surface area contributed by atoms with Crippen molar-refractivity contribution in [1.29, 1.82) is 0 Å². The van der Waals surface area contributed by atoms with Crippen molar-refractivity contribution in [3.63, 3.8) is 0 Å². The van der Waals surface area contributed by atoms with Crippen LogP contribution in [-0.4, -0.2) is 23.0 Å². The van der Waals surface area contributed by atoms with E-state index in [0.29, 0.717) is 0 Å². The molecule has 1 fully saturated rings. The second-order valence-corrected chi connectivity index (χ2v) is 4.73. The Bertz CT molecular complexity index is 269. The van der Waals surface area contributed by atoms with Gasteiger partial charge >= 0.3 is 5.97 Å². The first-order valence-electron chi connectivity index (χ1n) is 6.05. The Labute approximate surface area is 96.4 Å². The standard InChI is InChI=1S/C12H21NO3/c1-3-12(7-5-4-6-8-12)11(16)13-9(2)10(14)15/h9H,3-8H2,1-2H3,(H,13,16)(H,14,15)/t9-/m1/s1. The molecule has 0 spiro atoms. The first-order valence-corrected chi connectivity index (χ1v) is 6.05. The topological polar surface area (TPSA) is 66.4 Å². The van der Waals surface area contributed by atoms with E-state index in [0.717, 1.165) is 32.1 Å². The Morgan fingerprint density at radius 1 is 1.31 bits per heavy atom. The van der Waals surface area contributed by atoms with E-state index in [-0.39, 0.29) is 11.3 Å². The van der Waals surface area contributed by atoms with E-state index < -0.39 is 12.0 Å². The molecule has 0 aromatic heterocycles. The van der Waals surface area contributed by atoms with Crippen molar-refractivity contribution in [2.75, 3.05) is 0 Å². The normalized spacial score (nSPS) is 21.1. The molecule has 0 aliphatic heterocycles. The van der Waals surface area contributed by atoms with Gasteiger partial charge in [0.15, 0.2) is 0 Å². The van der Waals surface area contributed by atoms with E-state index in [1.54, 1.807) is 0 Å². The lowest BCUT2D eigenvalue weighted by Gasteiger charge is -2.35. The molecule has 0 aromatic carbocycles. The number of rotatable bonds is 4. The minimum absolute atomic E-state index is 0.0791. The van der Waals surface area contributed by atoms with Gasteiger partial charge in [-0.05, 0) is 26.2 Å². The molecule has 0 aromatic rings. The first-order chi connectivity index (χ1) is 7.52. The second-order valence-electron chi connectivity index (χ2n) is 4.73. The average molecular weight is 227 g/mol. The van der Waals surface area contributed by atoms with E-state index >= 15 is 0 Å². The molecule has 4 heteroatoms. The van der Waals surface area contributed by atoms with Crippen molar-refractivity contribution in [1.82, 2.24) is 5.32 Å². The maximum atomic E-state index is 12.1. The number of aliphatic carboxylic acids is 1. The van der Waals surface area contributed by atoms with Gasteiger partial charge < -0.3 is 10.4 Å². The Morgan fingerprint density at radius 2 is 1.88 bits per heavy atom. The molecule has 0 unspecified atom stereocenters. The van der Waals surface area contributed by atoms with Crippen LogP contribution in [0.3, 0.4) is 0 Å². The van der Waals surface area contributed by atoms with Gasteiger partial charge in [-0.25, -0.2) is 0 Å². The fourth-order valence-corrected chi connectivity index (χ4v) is 2.38. The van der Waals surface area contributed by atoms with Crippen LogP contribution in [0.2, 0.25) is 0 Å². The SMILES string of the molecule is CCC1(C(=O)N[C@H](C)C(=O)O)CCCCC1. The Hall–Kier alpha value is -1.06. The van der Waals surface area contributed by atoms with Crippen LogP contribution in [0, 0.1) is 5.41 Å². The van der Waals surface area contributed by atoms with Crippen LogP contribution < -0.4 is 5.32 Å². The number of carboxylic acids is 1. The summed E-state index contributed by atoms with van der Waals surface area (Å²) in [5.41, 5.74) is -0.317. The quantitative estimate of drug-likeness (QED) is 0.771. The molecule has 0 radical (unpaired) electrons. The molecule has 2 N–H and O–H groups in total. The van der Waals surface area contributed by atoms with Crippen molar-refractivity contribution >= 4 is 11.9 Å². The molecule has 0 saturated heterocycles. The van der Waals surface area contributed by atoms with Gasteiger partial charge in [0.25, 0.3) is 0 Å². The van der Waals surface area contributed by atoms with Crippen molar-refractivity contribution in [3.05, 3.63) is 0 Å². The number of carboxylic acid groups (broad SMARTS) is 1. The molecule has 1 aliphatic rings. The highest BCUT2D eigenvalue weighted by Crippen LogP contribution is 2.39. The smallest absolute Gasteiger partial charge is 0.325 e. The Morgan fingerprint density at radius 3 is 2.31 bits per heavy atom. The molecule has 16 heavy (non-hydrogen) atoms. The van der Waals surface area contributed by atoms with Gasteiger partial charge in [0.2, 0.25) is 5.91 Å². The van der Waals surface area contributed by atoms with E-state index in [1.807, 2.05) is 6.92 Å². The summed E-state index contributed by atoms with van der Waals surface area (Å²) in [5, 5.41) is 11.4. The van der Waals surface area contributed by atoms with Gasteiger partial charge in [0.1, 0.15) is 6.04 Å². The molecule has 1 rings (SSSR count). The van der Waals surface area contributed by atoms with Crippen LogP contribution in [0.5, 0.6) is 0 Å². The van der Waals surface area contributed by atoms with Crippen molar-refractivity contribution in [2.24, 2.45) is 5.41 Å². The third kappa shape index (κ3) is 2.74. The fraction of sp³-hybridized carbons (Fsp3) is 0.833. The van der Waals surface area contributed by atoms with Gasteiger partial charge in [-0.2, -0.15) is 0 Å². The third-order valence-electron chi connectivity index (χ3n) is 3.69. The van der Waals surface area contributed by atoms with E-state index in [2.05, 4.69) is 5.32 Å². The lowest BCUT2D eigenvalue weighted by Crippen LogP contribution is -2.47. The molecular weight excluding hydrogens is 206 g/mol. The van der Waals surface area contributed by atoms with Gasteiger partial charge in [0.05, 0.1) is 0 Å². The Balaban J connectivity index is 2.65. The van der Waals surface area contributed by atoms with Gasteiger partial charge in [-0.3, -0.25) is 9.59 Å². The highest BCUT2D eigenvalue weighted by Gasteiger charge is 2.38. The monoisotopic (exact) mass is 227 g/mol. The zero-order chi connectivity index (χ0) is 12.2. The highest BCUT2D eigenvalue weighted by atomic mass is 16.4. The summed E-state index contributed by atoms with van der Waals surface area (Å²) in [6.45, 7) is 3.52. The first kappa shape index (κ1) is 13.0. The van der Waals surface area contributed by atoms with Gasteiger partial charge in [0, 0.05) is 5.41 Å². The highest BCUT2D eigenvalue weighted by molar-refractivity contribution is 5.87. The summed E-state index contributed by atoms with van der Waals surface area (Å²) >= 11 is 0. The minimum atomic E-state index is -0.976. The molecule has 92 valence electrons. The van der Waals surface area contributed by atoms with Crippen LogP contribution >= 0.6 is 0 Å². The van der Waals surface area contributed by atoms with E-state index in [4.69, 9.17) is 5.11 Å². The zero-order valence-corrected chi connectivity index (χ0v) is 10.1. The van der Waals surface area contributed by atoms with Crippen molar-refractivity contribution in [3.8, 4) is 0 Å². The fourth-order valence-electron chi connectivity index (χ4n) is 2.38. The zero-order valence-electron chi connectivity index (χ0n) is 10.1. The molecule has 1 saturated carbocycles. The van der Waals surface area contributed by atoms with Crippen molar-refractivity contribution < 1.29 is 14.7 Å². The van der Waals surface area contributed by atoms with Crippen LogP contribution in [0.1, 0.15) is 52.4 Å². The second kappa shape index (κ2) is 5.32. The molecule has 1 amide bonds. The maximum Gasteiger partial charge on any atom is 0.325 e. The summed E-state index contributed by atoms with van der Waals surface area (Å²) in [6, 6.07) is -0.794. The largest absolute Gasteiger partial charge is 0.480 e. The summed E-state index contributed by atoms with van der Waals surface area (Å²) in [4.78, 5) is 22.8. The molecular formula is C12H21NO3. The maximum absolute atomic E-state index is 12.1. The number of hydrogen-bond donors (Lipinski definition) is 2. The molecule has 1 atom stereocenters. The third-order valence-corrected chi connectivity index (χ3v) is 3.69. The lowest BCUT2D eigenvalue weighted by molar-refractivity contribution is -0.144. The summed E-state index contributed by atoms with van der Waals surface area (Å²) in [6.07, 6.45) is 5.91. The summed E-state index contributed by atoms with van der Waals surface area (Å²) in [7, 11) is 0. The van der Waals surface area contributed by atoms with Crippen LogP contribution in [0.25, 0.3) is 0 Å². The van der Waals surface area contributed by atoms with E-state index in [1.165, 1.54) is 13.3 Å². The van der Waals surface area contributed by atoms with E-state index in [9.17, 15) is 9.59 Å². The minimum Gasteiger partial charge on any atom is -0.480 e. The van der Waals surface area contributed by atoms with Gasteiger partial charge in [-0.1, -0.05) is 26.2 Å². The number of nitrogens with one attached hydrogen (secondary N) is 1. The molecule has 0 heterocycles. The molecule has 0 bridgehead atoms. The molecule has 4 nitrogen and oxygen atoms in total. The van der Waals surface area contributed by atoms with Crippen LogP contribution in [0.4, 0.5) is 0 Å². The number of amides is 1. The predicted octanol–water partition coefficient (Wildman–Crippen LogP) is 1.94. The van der Waals surface area contributed by atoms with Gasteiger partial charge in [-0.15, -0.1) is 0 Å². The predicted molar refractivity (Wildman–Crippen MR) is 61.0 cm³/mol. The molecule has 1 aliphatic carbocycles. The number of carbonyl (C=O) groups excluding carboxylic acids is 1. The summed E-state index contributed by atoms with van der Waals surface area (Å²) < 4.78 is 0. The summed E-state index contributed by atoms with van der Waals surface area (Å²) in [5.74, 6) is -1.06. The average Bonchev–Trinajstić information content (AvgIpc) is 2.29. The number of carbonyl (C=O) groups is 2. The lowest BCUT2D eigenvalue weighted by atomic mass is 9.71. The van der Waals surface area contributed by atoms with Crippen LogP contribution in [0.15, 0.2) is 0 Å². The van der Waals surface area contributed by atoms with Crippen molar-refractivity contribution in [2.45, 2.75) is 58.4 Å². The number of hydrogen-bond acceptors (Lipinski definition) is 2.